The average Bonchev–Trinajstić information content (AvgIpc) is 3.12. The Morgan fingerprint density at radius 2 is 2.17 bits per heavy atom. The van der Waals surface area contributed by atoms with Crippen molar-refractivity contribution in [2.45, 2.75) is 25.8 Å². The summed E-state index contributed by atoms with van der Waals surface area (Å²) >= 11 is 1.43. The maximum atomic E-state index is 12.1. The molecule has 0 aliphatic carbocycles. The Kier molecular flexibility index (Phi) is 5.35. The summed E-state index contributed by atoms with van der Waals surface area (Å²) in [6.07, 6.45) is 6.18. The number of carbonyl (C=O) groups excluding carboxylic acids is 1. The van der Waals surface area contributed by atoms with Crippen molar-refractivity contribution < 1.29 is 9.53 Å². The summed E-state index contributed by atoms with van der Waals surface area (Å²) in [6, 6.07) is 4.00. The van der Waals surface area contributed by atoms with Gasteiger partial charge >= 0.3 is 0 Å². The van der Waals surface area contributed by atoms with Gasteiger partial charge in [-0.2, -0.15) is 0 Å². The summed E-state index contributed by atoms with van der Waals surface area (Å²) in [5.74, 6) is 1.36. The number of likely N-dealkylation sites (tertiary alicyclic amines) is 1. The number of methoxy groups -OCH3 is 1. The summed E-state index contributed by atoms with van der Waals surface area (Å²) in [4.78, 5) is 22.9. The Hall–Kier alpha value is -1.79. The van der Waals surface area contributed by atoms with Crippen LogP contribution in [-0.2, 0) is 6.54 Å². The van der Waals surface area contributed by atoms with Crippen molar-refractivity contribution in [3.05, 3.63) is 40.5 Å². The Morgan fingerprint density at radius 1 is 1.35 bits per heavy atom. The van der Waals surface area contributed by atoms with Crippen LogP contribution in [-0.4, -0.2) is 40.9 Å². The van der Waals surface area contributed by atoms with Crippen molar-refractivity contribution in [1.29, 1.82) is 0 Å². The van der Waals surface area contributed by atoms with E-state index in [-0.39, 0.29) is 5.78 Å². The van der Waals surface area contributed by atoms with Crippen LogP contribution in [0.5, 0.6) is 5.88 Å². The second-order valence-corrected chi connectivity index (χ2v) is 6.75. The third-order valence-electron chi connectivity index (χ3n) is 4.29. The fraction of sp³-hybridized carbons (Fsp3) is 0.471. The number of hydrogen-bond acceptors (Lipinski definition) is 6. The monoisotopic (exact) mass is 331 g/mol. The third kappa shape index (κ3) is 4.14. The normalized spacial score (nSPS) is 16.4. The van der Waals surface area contributed by atoms with Crippen molar-refractivity contribution in [2.24, 2.45) is 5.92 Å². The van der Waals surface area contributed by atoms with Crippen LogP contribution in [0.2, 0.25) is 0 Å². The number of rotatable bonds is 6. The fourth-order valence-electron chi connectivity index (χ4n) is 3.03. The number of hydrogen-bond donors (Lipinski definition) is 0. The van der Waals surface area contributed by atoms with Crippen LogP contribution in [0, 0.1) is 5.92 Å². The van der Waals surface area contributed by atoms with Crippen LogP contribution in [0.25, 0.3) is 0 Å². The predicted molar refractivity (Wildman–Crippen MR) is 89.9 cm³/mol. The molecule has 0 spiro atoms. The highest BCUT2D eigenvalue weighted by Gasteiger charge is 2.23. The van der Waals surface area contributed by atoms with Crippen LogP contribution in [0.15, 0.2) is 29.9 Å². The van der Waals surface area contributed by atoms with Gasteiger partial charge in [-0.1, -0.05) is 6.07 Å². The molecule has 1 fully saturated rings. The Morgan fingerprint density at radius 3 is 2.87 bits per heavy atom. The smallest absolute Gasteiger partial charge is 0.217 e. The van der Waals surface area contributed by atoms with E-state index >= 15 is 0 Å². The Labute approximate surface area is 140 Å². The third-order valence-corrected chi connectivity index (χ3v) is 5.10. The molecule has 3 rings (SSSR count). The van der Waals surface area contributed by atoms with E-state index < -0.39 is 0 Å². The number of pyridine rings is 1. The van der Waals surface area contributed by atoms with Crippen LogP contribution >= 0.6 is 11.3 Å². The van der Waals surface area contributed by atoms with E-state index in [4.69, 9.17) is 4.74 Å². The quantitative estimate of drug-likeness (QED) is 0.762. The number of aromatic nitrogens is 2. The Bertz CT molecular complexity index is 637. The summed E-state index contributed by atoms with van der Waals surface area (Å²) in [5, 5.41) is 2.50. The number of ketones is 1. The van der Waals surface area contributed by atoms with Gasteiger partial charge in [0.25, 0.3) is 0 Å². The number of thiazole rings is 1. The minimum Gasteiger partial charge on any atom is -0.481 e. The fourth-order valence-corrected chi connectivity index (χ4v) is 3.62. The predicted octanol–water partition coefficient (Wildman–Crippen LogP) is 3.03. The van der Waals surface area contributed by atoms with Crippen molar-refractivity contribution >= 4 is 17.1 Å². The molecule has 0 saturated carbocycles. The zero-order valence-corrected chi connectivity index (χ0v) is 14.1. The average molecular weight is 331 g/mol. The van der Waals surface area contributed by atoms with Crippen molar-refractivity contribution in [3.8, 4) is 5.88 Å². The van der Waals surface area contributed by atoms with Crippen LogP contribution in [0.3, 0.4) is 0 Å². The highest BCUT2D eigenvalue weighted by atomic mass is 32.1. The molecule has 0 bridgehead atoms. The van der Waals surface area contributed by atoms with Crippen LogP contribution in [0.4, 0.5) is 0 Å². The first-order chi connectivity index (χ1) is 11.3. The highest BCUT2D eigenvalue weighted by Crippen LogP contribution is 2.25. The van der Waals surface area contributed by atoms with E-state index in [0.29, 0.717) is 23.2 Å². The first-order valence-electron chi connectivity index (χ1n) is 7.89. The van der Waals surface area contributed by atoms with Gasteiger partial charge in [0.1, 0.15) is 0 Å². The molecule has 1 aliphatic rings. The number of nitrogens with zero attached hydrogens (tertiary/aromatic N) is 3. The zero-order chi connectivity index (χ0) is 16.1. The van der Waals surface area contributed by atoms with Gasteiger partial charge in [-0.15, -0.1) is 11.3 Å². The molecule has 0 unspecified atom stereocenters. The molecular formula is C17H21N3O2S. The van der Waals surface area contributed by atoms with Crippen molar-refractivity contribution in [3.63, 3.8) is 0 Å². The number of piperidine rings is 1. The molecule has 0 N–H and O–H groups in total. The molecule has 23 heavy (non-hydrogen) atoms. The maximum Gasteiger partial charge on any atom is 0.217 e. The summed E-state index contributed by atoms with van der Waals surface area (Å²) in [5.41, 5.74) is 1.12. The van der Waals surface area contributed by atoms with Crippen molar-refractivity contribution in [2.75, 3.05) is 20.2 Å². The van der Waals surface area contributed by atoms with Gasteiger partial charge in [0.05, 0.1) is 7.11 Å². The number of Topliss-reactive ketones (excluding diaryl/α,β-unsaturated/α-hetero) is 1. The minimum absolute atomic E-state index is 0.187. The maximum absolute atomic E-state index is 12.1. The first-order valence-corrected chi connectivity index (χ1v) is 8.77. The van der Waals surface area contributed by atoms with E-state index in [2.05, 4.69) is 20.9 Å². The van der Waals surface area contributed by atoms with Gasteiger partial charge in [0.2, 0.25) is 5.88 Å². The first kappa shape index (κ1) is 16.1. The topological polar surface area (TPSA) is 55.3 Å². The molecule has 0 amide bonds. The molecule has 2 aromatic heterocycles. The highest BCUT2D eigenvalue weighted by molar-refractivity contribution is 7.11. The SMILES string of the molecule is COc1ncccc1CN1CCC(CC(=O)c2nccs2)CC1. The Balaban J connectivity index is 1.49. The van der Waals surface area contributed by atoms with E-state index in [1.165, 1.54) is 11.3 Å². The molecule has 0 atom stereocenters. The lowest BCUT2D eigenvalue weighted by Gasteiger charge is -2.31. The summed E-state index contributed by atoms with van der Waals surface area (Å²) < 4.78 is 5.31. The van der Waals surface area contributed by atoms with Crippen molar-refractivity contribution in [1.82, 2.24) is 14.9 Å². The number of carbonyl (C=O) groups is 1. The lowest BCUT2D eigenvalue weighted by atomic mass is 9.91. The lowest BCUT2D eigenvalue weighted by molar-refractivity contribution is 0.0924. The van der Waals surface area contributed by atoms with Gasteiger partial charge in [0, 0.05) is 36.3 Å². The largest absolute Gasteiger partial charge is 0.481 e. The summed E-state index contributed by atoms with van der Waals surface area (Å²) in [6.45, 7) is 2.87. The molecule has 5 nitrogen and oxygen atoms in total. The van der Waals surface area contributed by atoms with Crippen LogP contribution < -0.4 is 4.74 Å². The van der Waals surface area contributed by atoms with Gasteiger partial charge in [-0.25, -0.2) is 9.97 Å². The molecule has 122 valence electrons. The molecule has 1 saturated heterocycles. The van der Waals surface area contributed by atoms with E-state index in [9.17, 15) is 4.79 Å². The van der Waals surface area contributed by atoms with Gasteiger partial charge in [0.15, 0.2) is 10.8 Å². The van der Waals surface area contributed by atoms with E-state index in [1.807, 2.05) is 11.4 Å². The molecule has 1 aliphatic heterocycles. The molecule has 3 heterocycles. The molecule has 0 radical (unpaired) electrons. The molecule has 2 aromatic rings. The van der Waals surface area contributed by atoms with Gasteiger partial charge < -0.3 is 4.74 Å². The van der Waals surface area contributed by atoms with E-state index in [0.717, 1.165) is 38.0 Å². The second kappa shape index (κ2) is 7.66. The lowest BCUT2D eigenvalue weighted by Crippen LogP contribution is -2.34. The summed E-state index contributed by atoms with van der Waals surface area (Å²) in [7, 11) is 1.66. The standard InChI is InChI=1S/C17H21N3O2S/c1-22-16-14(3-2-6-18-16)12-20-8-4-13(5-9-20)11-15(21)17-19-7-10-23-17/h2-3,6-7,10,13H,4-5,8-9,11-12H2,1H3. The molecule has 0 aromatic carbocycles. The number of ether oxygens (including phenoxy) is 1. The van der Waals surface area contributed by atoms with Gasteiger partial charge in [-0.3, -0.25) is 9.69 Å². The molecule has 6 heteroatoms. The molecular weight excluding hydrogens is 310 g/mol. The second-order valence-electron chi connectivity index (χ2n) is 5.86. The van der Waals surface area contributed by atoms with E-state index in [1.54, 1.807) is 19.5 Å². The van der Waals surface area contributed by atoms with Gasteiger partial charge in [-0.05, 0) is 37.9 Å². The minimum atomic E-state index is 0.187. The zero-order valence-electron chi connectivity index (χ0n) is 13.3. The van der Waals surface area contributed by atoms with Crippen LogP contribution in [0.1, 0.15) is 34.6 Å².